The number of nitrogens with two attached hydrogens (primary N) is 1. The van der Waals surface area contributed by atoms with Crippen molar-refractivity contribution < 1.29 is 4.79 Å². The summed E-state index contributed by atoms with van der Waals surface area (Å²) in [7, 11) is 0. The van der Waals surface area contributed by atoms with Crippen LogP contribution in [0.3, 0.4) is 0 Å². The first-order valence-corrected chi connectivity index (χ1v) is 5.11. The molecule has 2 aromatic heterocycles. The predicted molar refractivity (Wildman–Crippen MR) is 61.3 cm³/mol. The third kappa shape index (κ3) is 2.85. The highest BCUT2D eigenvalue weighted by molar-refractivity contribution is 6.02. The van der Waals surface area contributed by atoms with E-state index in [2.05, 4.69) is 20.6 Å². The summed E-state index contributed by atoms with van der Waals surface area (Å²) in [6.45, 7) is 0.986. The number of carbonyl (C=O) groups excluding carboxylic acids is 1. The molecule has 88 valence electrons. The van der Waals surface area contributed by atoms with Gasteiger partial charge < -0.3 is 11.1 Å². The highest BCUT2D eigenvalue weighted by Crippen LogP contribution is 2.05. The second kappa shape index (κ2) is 5.17. The summed E-state index contributed by atoms with van der Waals surface area (Å²) in [6.07, 6.45) is 4.74. The number of aromatic nitrogens is 4. The van der Waals surface area contributed by atoms with Crippen molar-refractivity contribution in [2.75, 3.05) is 11.9 Å². The lowest BCUT2D eigenvalue weighted by molar-refractivity contribution is 0.102. The van der Waals surface area contributed by atoms with E-state index in [0.29, 0.717) is 18.8 Å². The number of hydrogen-bond donors (Lipinski definition) is 2. The maximum atomic E-state index is 11.7. The molecule has 0 radical (unpaired) electrons. The second-order valence-electron chi connectivity index (χ2n) is 3.35. The maximum absolute atomic E-state index is 11.7. The average molecular weight is 232 g/mol. The third-order valence-electron chi connectivity index (χ3n) is 2.05. The first kappa shape index (κ1) is 11.2. The normalized spacial score (nSPS) is 10.2. The zero-order valence-electron chi connectivity index (χ0n) is 9.08. The van der Waals surface area contributed by atoms with Crippen molar-refractivity contribution in [3.8, 4) is 0 Å². The van der Waals surface area contributed by atoms with Crippen LogP contribution in [0.15, 0.2) is 30.7 Å². The summed E-state index contributed by atoms with van der Waals surface area (Å²) in [4.78, 5) is 15.6. The van der Waals surface area contributed by atoms with E-state index in [0.717, 1.165) is 0 Å². The van der Waals surface area contributed by atoms with Crippen LogP contribution < -0.4 is 11.1 Å². The first-order chi connectivity index (χ1) is 8.29. The number of pyridine rings is 1. The van der Waals surface area contributed by atoms with E-state index in [1.165, 1.54) is 4.68 Å². The summed E-state index contributed by atoms with van der Waals surface area (Å²) in [6, 6.07) is 3.48. The Labute approximate surface area is 97.6 Å². The Balaban J connectivity index is 2.04. The molecule has 0 aliphatic rings. The Morgan fingerprint density at radius 2 is 2.41 bits per heavy atom. The lowest BCUT2D eigenvalue weighted by atomic mass is 10.4. The smallest absolute Gasteiger partial charge is 0.277 e. The molecule has 1 amide bonds. The molecule has 7 nitrogen and oxygen atoms in total. The molecular weight excluding hydrogens is 220 g/mol. The van der Waals surface area contributed by atoms with Crippen LogP contribution in [0.25, 0.3) is 0 Å². The van der Waals surface area contributed by atoms with Gasteiger partial charge in [-0.1, -0.05) is 5.21 Å². The Morgan fingerprint density at radius 3 is 3.12 bits per heavy atom. The molecule has 17 heavy (non-hydrogen) atoms. The number of anilines is 1. The third-order valence-corrected chi connectivity index (χ3v) is 2.05. The largest absolute Gasteiger partial charge is 0.329 e. The van der Waals surface area contributed by atoms with Crippen LogP contribution in [0.4, 0.5) is 5.69 Å². The molecule has 7 heteroatoms. The maximum Gasteiger partial charge on any atom is 0.277 e. The average Bonchev–Trinajstić information content (AvgIpc) is 2.79. The first-order valence-electron chi connectivity index (χ1n) is 5.11. The lowest BCUT2D eigenvalue weighted by Gasteiger charge is -2.00. The molecule has 0 saturated carbocycles. The quantitative estimate of drug-likeness (QED) is 0.766. The molecule has 2 rings (SSSR count). The van der Waals surface area contributed by atoms with Gasteiger partial charge >= 0.3 is 0 Å². The summed E-state index contributed by atoms with van der Waals surface area (Å²) < 4.78 is 1.53. The molecule has 0 fully saturated rings. The number of nitrogens with one attached hydrogen (secondary N) is 1. The van der Waals surface area contributed by atoms with Crippen LogP contribution in [0.1, 0.15) is 10.5 Å². The Bertz CT molecular complexity index is 495. The van der Waals surface area contributed by atoms with Crippen molar-refractivity contribution >= 4 is 11.6 Å². The van der Waals surface area contributed by atoms with Gasteiger partial charge in [-0.3, -0.25) is 14.5 Å². The molecular formula is C10H12N6O. The van der Waals surface area contributed by atoms with Gasteiger partial charge in [0.25, 0.3) is 5.91 Å². The zero-order valence-corrected chi connectivity index (χ0v) is 9.08. The van der Waals surface area contributed by atoms with Crippen molar-refractivity contribution in [2.45, 2.75) is 6.54 Å². The van der Waals surface area contributed by atoms with Gasteiger partial charge in [0.1, 0.15) is 0 Å². The van der Waals surface area contributed by atoms with Gasteiger partial charge in [-0.2, -0.15) is 0 Å². The molecule has 3 N–H and O–H groups in total. The van der Waals surface area contributed by atoms with E-state index in [9.17, 15) is 4.79 Å². The minimum atomic E-state index is -0.318. The minimum Gasteiger partial charge on any atom is -0.329 e. The Kier molecular flexibility index (Phi) is 3.41. The summed E-state index contributed by atoms with van der Waals surface area (Å²) >= 11 is 0. The highest BCUT2D eigenvalue weighted by Gasteiger charge is 2.10. The molecule has 0 saturated heterocycles. The van der Waals surface area contributed by atoms with Gasteiger partial charge in [0.05, 0.1) is 24.6 Å². The standard InChI is InChI=1S/C10H12N6O/c11-3-5-16-7-9(14-15-16)10(17)13-8-2-1-4-12-6-8/h1-2,4,6-7H,3,5,11H2,(H,13,17). The SMILES string of the molecule is NCCn1cc(C(=O)Nc2cccnc2)nn1. The van der Waals surface area contributed by atoms with Crippen molar-refractivity contribution in [1.29, 1.82) is 0 Å². The Hall–Kier alpha value is -2.28. The van der Waals surface area contributed by atoms with Crippen molar-refractivity contribution in [3.05, 3.63) is 36.4 Å². The van der Waals surface area contributed by atoms with Gasteiger partial charge in [0.2, 0.25) is 0 Å². The van der Waals surface area contributed by atoms with Crippen LogP contribution in [-0.4, -0.2) is 32.4 Å². The summed E-state index contributed by atoms with van der Waals surface area (Å²) in [5.41, 5.74) is 6.24. The molecule has 0 aliphatic carbocycles. The fourth-order valence-corrected chi connectivity index (χ4v) is 1.28. The number of carbonyl (C=O) groups is 1. The molecule has 0 aromatic carbocycles. The van der Waals surface area contributed by atoms with Crippen molar-refractivity contribution in [1.82, 2.24) is 20.0 Å². The number of hydrogen-bond acceptors (Lipinski definition) is 5. The van der Waals surface area contributed by atoms with E-state index in [1.807, 2.05) is 0 Å². The number of amides is 1. The molecule has 0 atom stereocenters. The Morgan fingerprint density at radius 1 is 1.53 bits per heavy atom. The van der Waals surface area contributed by atoms with E-state index < -0.39 is 0 Å². The fraction of sp³-hybridized carbons (Fsp3) is 0.200. The molecule has 2 aromatic rings. The lowest BCUT2D eigenvalue weighted by Crippen LogP contribution is -2.12. The summed E-state index contributed by atoms with van der Waals surface area (Å²) in [5.74, 6) is -0.318. The monoisotopic (exact) mass is 232 g/mol. The van der Waals surface area contributed by atoms with Gasteiger partial charge in [0, 0.05) is 12.7 Å². The highest BCUT2D eigenvalue weighted by atomic mass is 16.2. The molecule has 0 unspecified atom stereocenters. The van der Waals surface area contributed by atoms with E-state index in [-0.39, 0.29) is 11.6 Å². The summed E-state index contributed by atoms with van der Waals surface area (Å²) in [5, 5.41) is 10.2. The molecule has 0 spiro atoms. The minimum absolute atomic E-state index is 0.252. The van der Waals surface area contributed by atoms with Gasteiger partial charge in [-0.15, -0.1) is 5.10 Å². The zero-order chi connectivity index (χ0) is 12.1. The van der Waals surface area contributed by atoms with E-state index in [4.69, 9.17) is 5.73 Å². The molecule has 0 bridgehead atoms. The van der Waals surface area contributed by atoms with Crippen LogP contribution in [0.5, 0.6) is 0 Å². The van der Waals surface area contributed by atoms with Crippen molar-refractivity contribution in [3.63, 3.8) is 0 Å². The fourth-order valence-electron chi connectivity index (χ4n) is 1.28. The number of nitrogens with zero attached hydrogens (tertiary/aromatic N) is 4. The van der Waals surface area contributed by atoms with Crippen LogP contribution in [-0.2, 0) is 6.54 Å². The predicted octanol–water partition coefficient (Wildman–Crippen LogP) is -0.116. The molecule has 0 aliphatic heterocycles. The topological polar surface area (TPSA) is 98.7 Å². The van der Waals surface area contributed by atoms with Crippen LogP contribution >= 0.6 is 0 Å². The van der Waals surface area contributed by atoms with E-state index >= 15 is 0 Å². The van der Waals surface area contributed by atoms with Crippen LogP contribution in [0, 0.1) is 0 Å². The van der Waals surface area contributed by atoms with Gasteiger partial charge in [0.15, 0.2) is 5.69 Å². The second-order valence-corrected chi connectivity index (χ2v) is 3.35. The molecule has 2 heterocycles. The van der Waals surface area contributed by atoms with E-state index in [1.54, 1.807) is 30.7 Å². The van der Waals surface area contributed by atoms with Crippen molar-refractivity contribution in [2.24, 2.45) is 5.73 Å². The number of rotatable bonds is 4. The van der Waals surface area contributed by atoms with Crippen LogP contribution in [0.2, 0.25) is 0 Å². The van der Waals surface area contributed by atoms with Gasteiger partial charge in [-0.05, 0) is 12.1 Å². The van der Waals surface area contributed by atoms with Gasteiger partial charge in [-0.25, -0.2) is 0 Å².